The molecule has 0 spiro atoms. The van der Waals surface area contributed by atoms with Crippen molar-refractivity contribution < 1.29 is 9.90 Å². The Bertz CT molecular complexity index is 417. The van der Waals surface area contributed by atoms with E-state index in [1.807, 2.05) is 31.2 Å². The molecule has 18 heavy (non-hydrogen) atoms. The number of aryl methyl sites for hydroxylation is 1. The van der Waals surface area contributed by atoms with Gasteiger partial charge in [0.05, 0.1) is 18.6 Å². The minimum atomic E-state index is -0.375. The van der Waals surface area contributed by atoms with Crippen molar-refractivity contribution in [1.29, 1.82) is 0 Å². The van der Waals surface area contributed by atoms with Crippen molar-refractivity contribution in [2.24, 2.45) is 0 Å². The zero-order valence-electron chi connectivity index (χ0n) is 10.9. The fourth-order valence-electron chi connectivity index (χ4n) is 2.52. The van der Waals surface area contributed by atoms with Crippen molar-refractivity contribution in [3.63, 3.8) is 0 Å². The molecule has 3 nitrogen and oxygen atoms in total. The third-order valence-electron chi connectivity index (χ3n) is 3.69. The lowest BCUT2D eigenvalue weighted by Gasteiger charge is -2.28. The van der Waals surface area contributed by atoms with Crippen molar-refractivity contribution in [3.05, 3.63) is 35.4 Å². The lowest BCUT2D eigenvalue weighted by Crippen LogP contribution is -2.45. The van der Waals surface area contributed by atoms with Gasteiger partial charge in [0.2, 0.25) is 5.91 Å². The summed E-state index contributed by atoms with van der Waals surface area (Å²) >= 11 is 0. The number of hydrogen-bond donors (Lipinski definition) is 2. The summed E-state index contributed by atoms with van der Waals surface area (Å²) in [7, 11) is 0. The first-order valence-corrected chi connectivity index (χ1v) is 6.69. The number of rotatable bonds is 3. The smallest absolute Gasteiger partial charge is 0.224 e. The lowest BCUT2D eigenvalue weighted by atomic mass is 9.92. The molecule has 1 aliphatic rings. The molecular weight excluding hydrogens is 226 g/mol. The van der Waals surface area contributed by atoms with Gasteiger partial charge in [-0.15, -0.1) is 0 Å². The van der Waals surface area contributed by atoms with Gasteiger partial charge in [0.1, 0.15) is 0 Å². The van der Waals surface area contributed by atoms with Crippen LogP contribution in [0, 0.1) is 6.92 Å². The Balaban J connectivity index is 1.90. The number of amides is 1. The fourth-order valence-corrected chi connectivity index (χ4v) is 2.52. The second kappa shape index (κ2) is 6.01. The van der Waals surface area contributed by atoms with Crippen molar-refractivity contribution >= 4 is 5.91 Å². The SMILES string of the molecule is Cc1ccccc1CC(=O)N[C@@H]1CCCC[C@H]1O. The highest BCUT2D eigenvalue weighted by molar-refractivity contribution is 5.79. The lowest BCUT2D eigenvalue weighted by molar-refractivity contribution is -0.122. The van der Waals surface area contributed by atoms with Crippen LogP contribution in [-0.4, -0.2) is 23.2 Å². The van der Waals surface area contributed by atoms with E-state index in [0.29, 0.717) is 6.42 Å². The normalized spacial score (nSPS) is 23.7. The number of nitrogens with one attached hydrogen (secondary N) is 1. The monoisotopic (exact) mass is 247 g/mol. The number of hydrogen-bond acceptors (Lipinski definition) is 2. The molecule has 0 aromatic heterocycles. The van der Waals surface area contributed by atoms with Crippen LogP contribution in [0.4, 0.5) is 0 Å². The quantitative estimate of drug-likeness (QED) is 0.857. The molecule has 0 saturated heterocycles. The van der Waals surface area contributed by atoms with Crippen molar-refractivity contribution in [2.45, 2.75) is 51.2 Å². The third kappa shape index (κ3) is 3.33. The summed E-state index contributed by atoms with van der Waals surface area (Å²) in [5, 5.41) is 12.8. The van der Waals surface area contributed by atoms with Gasteiger partial charge < -0.3 is 10.4 Å². The zero-order valence-corrected chi connectivity index (χ0v) is 10.9. The van der Waals surface area contributed by atoms with Crippen LogP contribution >= 0.6 is 0 Å². The average Bonchev–Trinajstić information content (AvgIpc) is 2.35. The highest BCUT2D eigenvalue weighted by Crippen LogP contribution is 2.18. The van der Waals surface area contributed by atoms with Gasteiger partial charge in [-0.1, -0.05) is 37.1 Å². The summed E-state index contributed by atoms with van der Waals surface area (Å²) in [6.07, 6.45) is 3.86. The first kappa shape index (κ1) is 13.1. The summed E-state index contributed by atoms with van der Waals surface area (Å²) in [6, 6.07) is 7.85. The van der Waals surface area contributed by atoms with Crippen LogP contribution in [0.5, 0.6) is 0 Å². The molecule has 3 heteroatoms. The number of aliphatic hydroxyl groups is 1. The number of carbonyl (C=O) groups is 1. The predicted octanol–water partition coefficient (Wildman–Crippen LogP) is 1.96. The standard InChI is InChI=1S/C15H21NO2/c1-11-6-2-3-7-12(11)10-15(18)16-13-8-4-5-9-14(13)17/h2-3,6-7,13-14,17H,4-5,8-10H2,1H3,(H,16,18)/t13-,14-/m1/s1. The van der Waals surface area contributed by atoms with Gasteiger partial charge in [0.25, 0.3) is 0 Å². The molecular formula is C15H21NO2. The molecule has 1 fully saturated rings. The molecule has 1 aromatic rings. The van der Waals surface area contributed by atoms with Gasteiger partial charge in [-0.25, -0.2) is 0 Å². The zero-order chi connectivity index (χ0) is 13.0. The van der Waals surface area contributed by atoms with Gasteiger partial charge in [-0.2, -0.15) is 0 Å². The van der Waals surface area contributed by atoms with E-state index in [1.165, 1.54) is 0 Å². The van der Waals surface area contributed by atoms with Gasteiger partial charge in [0, 0.05) is 0 Å². The molecule has 0 heterocycles. The topological polar surface area (TPSA) is 49.3 Å². The van der Waals surface area contributed by atoms with Crippen molar-refractivity contribution in [2.75, 3.05) is 0 Å². The highest BCUT2D eigenvalue weighted by atomic mass is 16.3. The van der Waals surface area contributed by atoms with Crippen LogP contribution in [-0.2, 0) is 11.2 Å². The molecule has 1 aromatic carbocycles. The Kier molecular flexibility index (Phi) is 4.37. The second-order valence-electron chi connectivity index (χ2n) is 5.13. The van der Waals surface area contributed by atoms with E-state index in [-0.39, 0.29) is 18.1 Å². The van der Waals surface area contributed by atoms with Gasteiger partial charge in [-0.05, 0) is 30.9 Å². The Labute approximate surface area is 108 Å². The Morgan fingerprint density at radius 2 is 2.06 bits per heavy atom. The maximum atomic E-state index is 12.0. The van der Waals surface area contributed by atoms with E-state index in [1.54, 1.807) is 0 Å². The van der Waals surface area contributed by atoms with Gasteiger partial charge >= 0.3 is 0 Å². The summed E-state index contributed by atoms with van der Waals surface area (Å²) in [4.78, 5) is 12.0. The van der Waals surface area contributed by atoms with Crippen LogP contribution in [0.15, 0.2) is 24.3 Å². The summed E-state index contributed by atoms with van der Waals surface area (Å²) in [5.41, 5.74) is 2.19. The third-order valence-corrected chi connectivity index (χ3v) is 3.69. The molecule has 2 rings (SSSR count). The molecule has 2 atom stereocenters. The maximum absolute atomic E-state index is 12.0. The molecule has 0 radical (unpaired) electrons. The van der Waals surface area contributed by atoms with E-state index in [4.69, 9.17) is 0 Å². The summed E-state index contributed by atoms with van der Waals surface area (Å²) < 4.78 is 0. The Morgan fingerprint density at radius 1 is 1.33 bits per heavy atom. The molecule has 1 aliphatic carbocycles. The maximum Gasteiger partial charge on any atom is 0.224 e. The minimum Gasteiger partial charge on any atom is -0.391 e. The van der Waals surface area contributed by atoms with E-state index in [0.717, 1.165) is 36.8 Å². The van der Waals surface area contributed by atoms with Crippen LogP contribution < -0.4 is 5.32 Å². The predicted molar refractivity (Wildman–Crippen MR) is 71.3 cm³/mol. The molecule has 98 valence electrons. The van der Waals surface area contributed by atoms with Crippen LogP contribution in [0.2, 0.25) is 0 Å². The van der Waals surface area contributed by atoms with Crippen molar-refractivity contribution in [3.8, 4) is 0 Å². The van der Waals surface area contributed by atoms with Crippen LogP contribution in [0.3, 0.4) is 0 Å². The van der Waals surface area contributed by atoms with E-state index < -0.39 is 0 Å². The molecule has 1 amide bonds. The Hall–Kier alpha value is -1.35. The molecule has 0 bridgehead atoms. The number of benzene rings is 1. The average molecular weight is 247 g/mol. The van der Waals surface area contributed by atoms with Crippen LogP contribution in [0.25, 0.3) is 0 Å². The fraction of sp³-hybridized carbons (Fsp3) is 0.533. The minimum absolute atomic E-state index is 0.00949. The largest absolute Gasteiger partial charge is 0.391 e. The first-order chi connectivity index (χ1) is 8.66. The Morgan fingerprint density at radius 3 is 2.78 bits per heavy atom. The molecule has 0 unspecified atom stereocenters. The number of carbonyl (C=O) groups excluding carboxylic acids is 1. The summed E-state index contributed by atoms with van der Waals surface area (Å²) in [6.45, 7) is 2.01. The molecule has 1 saturated carbocycles. The van der Waals surface area contributed by atoms with Crippen molar-refractivity contribution in [1.82, 2.24) is 5.32 Å². The van der Waals surface area contributed by atoms with E-state index in [2.05, 4.69) is 5.32 Å². The second-order valence-corrected chi connectivity index (χ2v) is 5.13. The highest BCUT2D eigenvalue weighted by Gasteiger charge is 2.24. The molecule has 0 aliphatic heterocycles. The summed E-state index contributed by atoms with van der Waals surface area (Å²) in [5.74, 6) is 0.00949. The van der Waals surface area contributed by atoms with E-state index in [9.17, 15) is 9.90 Å². The van der Waals surface area contributed by atoms with E-state index >= 15 is 0 Å². The van der Waals surface area contributed by atoms with Crippen LogP contribution in [0.1, 0.15) is 36.8 Å². The first-order valence-electron chi connectivity index (χ1n) is 6.69. The number of aliphatic hydroxyl groups excluding tert-OH is 1. The van der Waals surface area contributed by atoms with Gasteiger partial charge in [-0.3, -0.25) is 4.79 Å². The molecule has 2 N–H and O–H groups in total. The van der Waals surface area contributed by atoms with Gasteiger partial charge in [0.15, 0.2) is 0 Å².